The zero-order valence-electron chi connectivity index (χ0n) is 11.7. The number of aromatic hydroxyl groups is 1. The van der Waals surface area contributed by atoms with Crippen LogP contribution in [0.4, 0.5) is 0 Å². The molecule has 0 saturated carbocycles. The Bertz CT molecular complexity index is 722. The second kappa shape index (κ2) is 7.85. The molecular formula is C15H12BrClN2O4. The second-order valence-electron chi connectivity index (χ2n) is 4.41. The zero-order chi connectivity index (χ0) is 16.8. The number of nitrogens with one attached hydrogen (secondary N) is 2. The summed E-state index contributed by atoms with van der Waals surface area (Å²) in [5, 5.41) is 9.68. The highest BCUT2D eigenvalue weighted by Crippen LogP contribution is 2.27. The van der Waals surface area contributed by atoms with Gasteiger partial charge in [0.2, 0.25) is 0 Å². The molecule has 8 heteroatoms. The molecule has 0 bridgehead atoms. The number of amides is 2. The second-order valence-corrected chi connectivity index (χ2v) is 5.70. The van der Waals surface area contributed by atoms with E-state index in [0.29, 0.717) is 20.8 Å². The summed E-state index contributed by atoms with van der Waals surface area (Å²) in [6.45, 7) is -0.282. The van der Waals surface area contributed by atoms with Gasteiger partial charge < -0.3 is 9.84 Å². The molecule has 6 nitrogen and oxygen atoms in total. The third kappa shape index (κ3) is 5.15. The van der Waals surface area contributed by atoms with E-state index in [2.05, 4.69) is 26.8 Å². The molecule has 0 aliphatic carbocycles. The molecule has 0 unspecified atom stereocenters. The summed E-state index contributed by atoms with van der Waals surface area (Å²) in [5.74, 6) is -0.535. The number of benzene rings is 2. The zero-order valence-corrected chi connectivity index (χ0v) is 14.0. The number of rotatable bonds is 4. The number of phenolic OH excluding ortho intramolecular Hbond substituents is 1. The van der Waals surface area contributed by atoms with Crippen LogP contribution in [-0.4, -0.2) is 23.5 Å². The van der Waals surface area contributed by atoms with E-state index in [1.807, 2.05) is 0 Å². The lowest BCUT2D eigenvalue weighted by Gasteiger charge is -2.10. The number of hydrogen-bond acceptors (Lipinski definition) is 4. The fourth-order valence-corrected chi connectivity index (χ4v) is 2.38. The van der Waals surface area contributed by atoms with Crippen molar-refractivity contribution in [1.29, 1.82) is 0 Å². The van der Waals surface area contributed by atoms with E-state index in [-0.39, 0.29) is 12.4 Å². The molecule has 0 fully saturated rings. The Morgan fingerprint density at radius 2 is 1.83 bits per heavy atom. The lowest BCUT2D eigenvalue weighted by Crippen LogP contribution is -2.43. The predicted octanol–water partition coefficient (Wildman–Crippen LogP) is 2.65. The molecule has 0 aromatic heterocycles. The minimum atomic E-state index is -0.529. The first-order valence-electron chi connectivity index (χ1n) is 6.42. The largest absolute Gasteiger partial charge is 0.508 e. The molecule has 120 valence electrons. The van der Waals surface area contributed by atoms with Gasteiger partial charge in [0, 0.05) is 10.6 Å². The van der Waals surface area contributed by atoms with Gasteiger partial charge in [0.25, 0.3) is 11.8 Å². The average molecular weight is 400 g/mol. The maximum absolute atomic E-state index is 11.8. The molecular weight excluding hydrogens is 388 g/mol. The first-order chi connectivity index (χ1) is 11.0. The summed E-state index contributed by atoms with van der Waals surface area (Å²) in [4.78, 5) is 23.4. The van der Waals surface area contributed by atoms with Crippen LogP contribution in [0, 0.1) is 0 Å². The monoisotopic (exact) mass is 398 g/mol. The van der Waals surface area contributed by atoms with Crippen LogP contribution in [0.3, 0.4) is 0 Å². The summed E-state index contributed by atoms with van der Waals surface area (Å²) >= 11 is 9.07. The molecule has 0 saturated heterocycles. The van der Waals surface area contributed by atoms with E-state index in [4.69, 9.17) is 21.4 Å². The quantitative estimate of drug-likeness (QED) is 0.690. The van der Waals surface area contributed by atoms with Crippen molar-refractivity contribution in [2.75, 3.05) is 6.61 Å². The molecule has 0 heterocycles. The lowest BCUT2D eigenvalue weighted by molar-refractivity contribution is -0.123. The van der Waals surface area contributed by atoms with Crippen molar-refractivity contribution in [3.05, 3.63) is 57.5 Å². The number of phenols is 1. The molecule has 2 aromatic carbocycles. The number of hydrazine groups is 1. The SMILES string of the molecule is O=C(COc1ccc(Cl)cc1Br)NNC(=O)c1ccc(O)cc1. The molecule has 0 aliphatic rings. The minimum absolute atomic E-state index is 0.0486. The molecule has 0 atom stereocenters. The maximum Gasteiger partial charge on any atom is 0.276 e. The van der Waals surface area contributed by atoms with Gasteiger partial charge in [0.1, 0.15) is 11.5 Å². The van der Waals surface area contributed by atoms with Gasteiger partial charge >= 0.3 is 0 Å². The van der Waals surface area contributed by atoms with Crippen molar-refractivity contribution < 1.29 is 19.4 Å². The van der Waals surface area contributed by atoms with Crippen LogP contribution < -0.4 is 15.6 Å². The van der Waals surface area contributed by atoms with Crippen LogP contribution in [0.15, 0.2) is 46.9 Å². The predicted molar refractivity (Wildman–Crippen MR) is 88.4 cm³/mol. The van der Waals surface area contributed by atoms with Crippen molar-refractivity contribution in [2.45, 2.75) is 0 Å². The maximum atomic E-state index is 11.8. The number of carbonyl (C=O) groups is 2. The first kappa shape index (κ1) is 17.1. The van der Waals surface area contributed by atoms with Crippen LogP contribution in [0.25, 0.3) is 0 Å². The molecule has 0 radical (unpaired) electrons. The van der Waals surface area contributed by atoms with Gasteiger partial charge in [-0.05, 0) is 58.4 Å². The van der Waals surface area contributed by atoms with E-state index in [1.165, 1.54) is 24.3 Å². The molecule has 23 heavy (non-hydrogen) atoms. The smallest absolute Gasteiger partial charge is 0.276 e. The minimum Gasteiger partial charge on any atom is -0.508 e. The van der Waals surface area contributed by atoms with Crippen LogP contribution >= 0.6 is 27.5 Å². The van der Waals surface area contributed by atoms with Crippen molar-refractivity contribution in [3.63, 3.8) is 0 Å². The van der Waals surface area contributed by atoms with Crippen molar-refractivity contribution >= 4 is 39.3 Å². The number of halogens is 2. The average Bonchev–Trinajstić information content (AvgIpc) is 2.52. The summed E-state index contributed by atoms with van der Waals surface area (Å²) < 4.78 is 5.92. The highest BCUT2D eigenvalue weighted by atomic mass is 79.9. The van der Waals surface area contributed by atoms with E-state index < -0.39 is 11.8 Å². The fourth-order valence-electron chi connectivity index (χ4n) is 1.58. The molecule has 0 aliphatic heterocycles. The molecule has 0 spiro atoms. The highest BCUT2D eigenvalue weighted by Gasteiger charge is 2.09. The van der Waals surface area contributed by atoms with Gasteiger partial charge in [0.05, 0.1) is 4.47 Å². The first-order valence-corrected chi connectivity index (χ1v) is 7.59. The Morgan fingerprint density at radius 1 is 1.13 bits per heavy atom. The van der Waals surface area contributed by atoms with Gasteiger partial charge in [-0.1, -0.05) is 11.6 Å². The molecule has 2 aromatic rings. The van der Waals surface area contributed by atoms with Gasteiger partial charge in [0.15, 0.2) is 6.61 Å². The summed E-state index contributed by atoms with van der Waals surface area (Å²) in [5.41, 5.74) is 4.77. The number of hydrogen-bond donors (Lipinski definition) is 3. The standard InChI is InChI=1S/C15H12BrClN2O4/c16-12-7-10(17)3-6-13(12)23-8-14(21)18-19-15(22)9-1-4-11(20)5-2-9/h1-7,20H,8H2,(H,18,21)(H,19,22). The van der Waals surface area contributed by atoms with Gasteiger partial charge in [-0.3, -0.25) is 20.4 Å². The van der Waals surface area contributed by atoms with Crippen LogP contribution in [-0.2, 0) is 4.79 Å². The Morgan fingerprint density at radius 3 is 2.48 bits per heavy atom. The topological polar surface area (TPSA) is 87.7 Å². The van der Waals surface area contributed by atoms with E-state index in [9.17, 15) is 9.59 Å². The number of ether oxygens (including phenoxy) is 1. The molecule has 2 amide bonds. The van der Waals surface area contributed by atoms with E-state index in [1.54, 1.807) is 18.2 Å². The van der Waals surface area contributed by atoms with Gasteiger partial charge in [-0.2, -0.15) is 0 Å². The van der Waals surface area contributed by atoms with Gasteiger partial charge in [-0.25, -0.2) is 0 Å². The highest BCUT2D eigenvalue weighted by molar-refractivity contribution is 9.10. The van der Waals surface area contributed by atoms with Crippen molar-refractivity contribution in [3.8, 4) is 11.5 Å². The molecule has 3 N–H and O–H groups in total. The fraction of sp³-hybridized carbons (Fsp3) is 0.0667. The van der Waals surface area contributed by atoms with Crippen molar-refractivity contribution in [1.82, 2.24) is 10.9 Å². The van der Waals surface area contributed by atoms with E-state index in [0.717, 1.165) is 0 Å². The lowest BCUT2D eigenvalue weighted by atomic mass is 10.2. The Labute approximate surface area is 145 Å². The summed E-state index contributed by atoms with van der Waals surface area (Å²) in [6.07, 6.45) is 0. The Kier molecular flexibility index (Phi) is 5.84. The summed E-state index contributed by atoms with van der Waals surface area (Å²) in [6, 6.07) is 10.5. The Balaban J connectivity index is 1.81. The van der Waals surface area contributed by atoms with Crippen LogP contribution in [0.2, 0.25) is 5.02 Å². The summed E-state index contributed by atoms with van der Waals surface area (Å²) in [7, 11) is 0. The van der Waals surface area contributed by atoms with Crippen LogP contribution in [0.1, 0.15) is 10.4 Å². The molecule has 2 rings (SSSR count). The third-order valence-corrected chi connectivity index (χ3v) is 3.55. The normalized spacial score (nSPS) is 10.0. The van der Waals surface area contributed by atoms with Crippen molar-refractivity contribution in [2.24, 2.45) is 0 Å². The van der Waals surface area contributed by atoms with Crippen LogP contribution in [0.5, 0.6) is 11.5 Å². The van der Waals surface area contributed by atoms with Gasteiger partial charge in [-0.15, -0.1) is 0 Å². The number of carbonyl (C=O) groups excluding carboxylic acids is 2. The van der Waals surface area contributed by atoms with E-state index >= 15 is 0 Å². The Hall–Kier alpha value is -2.25. The third-order valence-electron chi connectivity index (χ3n) is 2.70.